The van der Waals surface area contributed by atoms with Crippen LogP contribution in [-0.2, 0) is 6.18 Å². The summed E-state index contributed by atoms with van der Waals surface area (Å²) < 4.78 is 40.6. The predicted molar refractivity (Wildman–Crippen MR) is 70.3 cm³/mol. The van der Waals surface area contributed by atoms with E-state index in [4.69, 9.17) is 0 Å². The molecule has 1 aliphatic heterocycles. The van der Waals surface area contributed by atoms with Crippen molar-refractivity contribution in [3.8, 4) is 0 Å². The Hall–Kier alpha value is -0.820. The van der Waals surface area contributed by atoms with Gasteiger partial charge in [0.25, 0.3) is 0 Å². The van der Waals surface area contributed by atoms with Gasteiger partial charge in [0, 0.05) is 5.25 Å². The second kappa shape index (κ2) is 5.05. The number of halogens is 3. The average molecular weight is 292 g/mol. The molecular formula is C11H11F3N2S2. The summed E-state index contributed by atoms with van der Waals surface area (Å²) in [5.41, 5.74) is -0.0689. The number of thioether (sulfide) groups is 1. The van der Waals surface area contributed by atoms with Gasteiger partial charge in [-0.05, 0) is 30.1 Å². The van der Waals surface area contributed by atoms with Crippen molar-refractivity contribution < 1.29 is 13.2 Å². The van der Waals surface area contributed by atoms with E-state index in [0.29, 0.717) is 15.8 Å². The molecular weight excluding hydrogens is 281 g/mol. The first kappa shape index (κ1) is 13.6. The summed E-state index contributed by atoms with van der Waals surface area (Å²) in [6.45, 7) is 4.06. The zero-order valence-electron chi connectivity index (χ0n) is 9.71. The molecule has 2 nitrogen and oxygen atoms in total. The SMILES string of the molecule is CC(C)SC1=Nc2ccc(C(F)(F)F)cc2SN1. The third-order valence-corrected chi connectivity index (χ3v) is 3.96. The number of benzene rings is 1. The van der Waals surface area contributed by atoms with Gasteiger partial charge in [-0.25, -0.2) is 4.99 Å². The Balaban J connectivity index is 2.28. The highest BCUT2D eigenvalue weighted by Crippen LogP contribution is 2.38. The zero-order valence-corrected chi connectivity index (χ0v) is 11.3. The van der Waals surface area contributed by atoms with Crippen LogP contribution in [0.15, 0.2) is 28.1 Å². The van der Waals surface area contributed by atoms with Gasteiger partial charge in [-0.3, -0.25) is 0 Å². The third-order valence-electron chi connectivity index (χ3n) is 2.10. The first-order chi connectivity index (χ1) is 8.36. The van der Waals surface area contributed by atoms with Crippen LogP contribution < -0.4 is 4.72 Å². The topological polar surface area (TPSA) is 24.4 Å². The summed E-state index contributed by atoms with van der Waals surface area (Å²) >= 11 is 2.71. The van der Waals surface area contributed by atoms with Crippen molar-refractivity contribution in [3.63, 3.8) is 0 Å². The van der Waals surface area contributed by atoms with E-state index in [1.54, 1.807) is 11.8 Å². The summed E-state index contributed by atoms with van der Waals surface area (Å²) in [6.07, 6.45) is -4.31. The number of rotatable bonds is 1. The Kier molecular flexibility index (Phi) is 3.82. The van der Waals surface area contributed by atoms with Gasteiger partial charge < -0.3 is 4.72 Å². The highest BCUT2D eigenvalue weighted by Gasteiger charge is 2.31. The monoisotopic (exact) mass is 292 g/mol. The molecule has 0 bridgehead atoms. The van der Waals surface area contributed by atoms with E-state index in [2.05, 4.69) is 9.71 Å². The molecule has 7 heteroatoms. The zero-order chi connectivity index (χ0) is 13.3. The Morgan fingerprint density at radius 1 is 1.33 bits per heavy atom. The molecule has 0 radical (unpaired) electrons. The fourth-order valence-corrected chi connectivity index (χ4v) is 2.93. The van der Waals surface area contributed by atoms with E-state index in [1.807, 2.05) is 13.8 Å². The lowest BCUT2D eigenvalue weighted by Crippen LogP contribution is -2.17. The molecule has 1 aliphatic rings. The van der Waals surface area contributed by atoms with E-state index < -0.39 is 11.7 Å². The fourth-order valence-electron chi connectivity index (χ4n) is 1.37. The highest BCUT2D eigenvalue weighted by molar-refractivity contribution is 8.16. The smallest absolute Gasteiger partial charge is 0.305 e. The van der Waals surface area contributed by atoms with Crippen LogP contribution in [0.5, 0.6) is 0 Å². The van der Waals surface area contributed by atoms with E-state index in [9.17, 15) is 13.2 Å². The summed E-state index contributed by atoms with van der Waals surface area (Å²) in [4.78, 5) is 4.79. The van der Waals surface area contributed by atoms with Crippen LogP contribution in [0.1, 0.15) is 19.4 Å². The van der Waals surface area contributed by atoms with Crippen molar-refractivity contribution >= 4 is 34.6 Å². The van der Waals surface area contributed by atoms with Gasteiger partial charge >= 0.3 is 6.18 Å². The maximum atomic E-state index is 12.5. The minimum Gasteiger partial charge on any atom is -0.305 e. The van der Waals surface area contributed by atoms with Gasteiger partial charge in [0.1, 0.15) is 0 Å². The number of nitrogens with one attached hydrogen (secondary N) is 1. The van der Waals surface area contributed by atoms with Gasteiger partial charge in [-0.1, -0.05) is 25.6 Å². The largest absolute Gasteiger partial charge is 0.416 e. The minimum absolute atomic E-state index is 0.368. The number of aliphatic imine (C=N–C) groups is 1. The molecule has 0 unspecified atom stereocenters. The molecule has 1 heterocycles. The maximum Gasteiger partial charge on any atom is 0.416 e. The van der Waals surface area contributed by atoms with Crippen LogP contribution in [0, 0.1) is 0 Å². The second-order valence-corrected chi connectivity index (χ2v) is 6.38. The molecule has 98 valence electrons. The van der Waals surface area contributed by atoms with Gasteiger partial charge in [-0.15, -0.1) is 0 Å². The summed E-state index contributed by atoms with van der Waals surface area (Å²) in [5.74, 6) is 0. The van der Waals surface area contributed by atoms with Crippen molar-refractivity contribution in [1.82, 2.24) is 4.72 Å². The standard InChI is InChI=1S/C11H11F3N2S2/c1-6(2)17-10-15-8-4-3-7(11(12,13)14)5-9(8)18-16-10/h3-6H,1-2H3,(H,15,16). The van der Waals surface area contributed by atoms with Crippen LogP contribution >= 0.6 is 23.7 Å². The molecule has 1 N–H and O–H groups in total. The van der Waals surface area contributed by atoms with Crippen molar-refractivity contribution in [1.29, 1.82) is 0 Å². The van der Waals surface area contributed by atoms with Gasteiger partial charge in [-0.2, -0.15) is 13.2 Å². The van der Waals surface area contributed by atoms with Crippen LogP contribution in [0.2, 0.25) is 0 Å². The number of amidine groups is 1. The van der Waals surface area contributed by atoms with E-state index in [1.165, 1.54) is 18.0 Å². The fraction of sp³-hybridized carbons (Fsp3) is 0.364. The number of hydrogen-bond donors (Lipinski definition) is 1. The van der Waals surface area contributed by atoms with E-state index >= 15 is 0 Å². The Morgan fingerprint density at radius 2 is 2.06 bits per heavy atom. The summed E-state index contributed by atoms with van der Waals surface area (Å²) in [6, 6.07) is 3.59. The summed E-state index contributed by atoms with van der Waals surface area (Å²) in [7, 11) is 0. The third kappa shape index (κ3) is 3.14. The molecule has 0 atom stereocenters. The van der Waals surface area contributed by atoms with Crippen LogP contribution in [0.3, 0.4) is 0 Å². The molecule has 1 aromatic carbocycles. The lowest BCUT2D eigenvalue weighted by Gasteiger charge is -2.18. The molecule has 0 fully saturated rings. The Labute approximate surface area is 112 Å². The molecule has 0 amide bonds. The van der Waals surface area contributed by atoms with Crippen molar-refractivity contribution in [2.24, 2.45) is 4.99 Å². The molecule has 0 saturated carbocycles. The molecule has 0 aliphatic carbocycles. The average Bonchev–Trinajstić information content (AvgIpc) is 2.26. The van der Waals surface area contributed by atoms with E-state index in [-0.39, 0.29) is 0 Å². The minimum atomic E-state index is -4.31. The molecule has 0 spiro atoms. The Bertz CT molecular complexity index is 484. The molecule has 0 saturated heterocycles. The van der Waals surface area contributed by atoms with Crippen molar-refractivity contribution in [2.75, 3.05) is 0 Å². The summed E-state index contributed by atoms with van der Waals surface area (Å²) in [5, 5.41) is 1.09. The number of nitrogens with zero attached hydrogens (tertiary/aromatic N) is 1. The number of hydrogen-bond acceptors (Lipinski definition) is 4. The van der Waals surface area contributed by atoms with Crippen LogP contribution in [0.25, 0.3) is 0 Å². The second-order valence-electron chi connectivity index (χ2n) is 3.97. The highest BCUT2D eigenvalue weighted by atomic mass is 32.2. The van der Waals surface area contributed by atoms with Crippen molar-refractivity contribution in [2.45, 2.75) is 30.2 Å². The molecule has 2 rings (SSSR count). The van der Waals surface area contributed by atoms with E-state index in [0.717, 1.165) is 17.3 Å². The number of fused-ring (bicyclic) bond motifs is 1. The maximum absolute atomic E-state index is 12.5. The predicted octanol–water partition coefficient (Wildman–Crippen LogP) is 4.44. The molecule has 0 aromatic heterocycles. The quantitative estimate of drug-likeness (QED) is 0.774. The number of alkyl halides is 3. The van der Waals surface area contributed by atoms with Crippen LogP contribution in [-0.4, -0.2) is 10.4 Å². The van der Waals surface area contributed by atoms with Crippen LogP contribution in [0.4, 0.5) is 18.9 Å². The normalized spacial score (nSPS) is 15.1. The lowest BCUT2D eigenvalue weighted by molar-refractivity contribution is -0.137. The van der Waals surface area contributed by atoms with Crippen molar-refractivity contribution in [3.05, 3.63) is 23.8 Å². The first-order valence-electron chi connectivity index (χ1n) is 5.25. The first-order valence-corrected chi connectivity index (χ1v) is 6.95. The van der Waals surface area contributed by atoms with Gasteiger partial charge in [0.15, 0.2) is 5.17 Å². The Morgan fingerprint density at radius 3 is 2.67 bits per heavy atom. The molecule has 1 aromatic rings. The van der Waals surface area contributed by atoms with Gasteiger partial charge in [0.05, 0.1) is 16.1 Å². The lowest BCUT2D eigenvalue weighted by atomic mass is 10.2. The van der Waals surface area contributed by atoms with Gasteiger partial charge in [0.2, 0.25) is 0 Å². The molecule has 18 heavy (non-hydrogen) atoms.